The summed E-state index contributed by atoms with van der Waals surface area (Å²) in [5, 5.41) is 4.08. The molecule has 0 saturated heterocycles. The van der Waals surface area contributed by atoms with Crippen molar-refractivity contribution in [2.75, 3.05) is 0 Å². The van der Waals surface area contributed by atoms with Gasteiger partial charge in [-0.25, -0.2) is 4.98 Å². The first kappa shape index (κ1) is 14.8. The highest BCUT2D eigenvalue weighted by atomic mass is 35.5. The molecule has 3 nitrogen and oxygen atoms in total. The summed E-state index contributed by atoms with van der Waals surface area (Å²) in [5.74, 6) is 0.653. The third-order valence-corrected chi connectivity index (χ3v) is 3.24. The van der Waals surface area contributed by atoms with E-state index in [-0.39, 0.29) is 0 Å². The number of rotatable bonds is 6. The van der Waals surface area contributed by atoms with Crippen molar-refractivity contribution in [2.45, 2.75) is 33.0 Å². The van der Waals surface area contributed by atoms with E-state index in [1.165, 1.54) is 0 Å². The van der Waals surface area contributed by atoms with Gasteiger partial charge in [-0.1, -0.05) is 49.7 Å². The summed E-state index contributed by atoms with van der Waals surface area (Å²) in [6, 6.07) is 12.0. The molecule has 1 aromatic carbocycles. The van der Waals surface area contributed by atoms with Gasteiger partial charge in [0.25, 0.3) is 0 Å². The molecule has 0 radical (unpaired) electrons. The van der Waals surface area contributed by atoms with Gasteiger partial charge in [-0.2, -0.15) is 0 Å². The molecule has 0 aliphatic rings. The van der Waals surface area contributed by atoms with Crippen LogP contribution in [0.15, 0.2) is 42.6 Å². The fourth-order valence-electron chi connectivity index (χ4n) is 1.76. The first-order chi connectivity index (χ1) is 9.66. The second-order valence-corrected chi connectivity index (χ2v) is 5.29. The van der Waals surface area contributed by atoms with Crippen molar-refractivity contribution < 1.29 is 4.74 Å². The van der Waals surface area contributed by atoms with Gasteiger partial charge in [0.15, 0.2) is 0 Å². The summed E-state index contributed by atoms with van der Waals surface area (Å²) in [6.45, 7) is 5.38. The smallest absolute Gasteiger partial charge is 0.218 e. The number of nitrogens with one attached hydrogen (secondary N) is 1. The lowest BCUT2D eigenvalue weighted by molar-refractivity contribution is 0.289. The van der Waals surface area contributed by atoms with Crippen LogP contribution in [0.5, 0.6) is 5.88 Å². The van der Waals surface area contributed by atoms with Crippen LogP contribution in [0.25, 0.3) is 0 Å². The number of halogens is 1. The van der Waals surface area contributed by atoms with E-state index < -0.39 is 0 Å². The average molecular weight is 291 g/mol. The molecule has 20 heavy (non-hydrogen) atoms. The molecular formula is C16H19ClN2O. The summed E-state index contributed by atoms with van der Waals surface area (Å²) in [5.41, 5.74) is 2.01. The van der Waals surface area contributed by atoms with Crippen LogP contribution in [0.4, 0.5) is 0 Å². The van der Waals surface area contributed by atoms with E-state index in [2.05, 4.69) is 24.1 Å². The molecule has 1 aromatic heterocycles. The van der Waals surface area contributed by atoms with Crippen LogP contribution in [-0.2, 0) is 13.2 Å². The first-order valence-corrected chi connectivity index (χ1v) is 7.08. The van der Waals surface area contributed by atoms with E-state index in [4.69, 9.17) is 16.3 Å². The highest BCUT2D eigenvalue weighted by Gasteiger charge is 2.07. The molecule has 1 N–H and O–H groups in total. The van der Waals surface area contributed by atoms with Gasteiger partial charge in [0.05, 0.1) is 0 Å². The van der Waals surface area contributed by atoms with Crippen LogP contribution in [0.1, 0.15) is 25.0 Å². The van der Waals surface area contributed by atoms with Crippen LogP contribution in [0, 0.1) is 0 Å². The summed E-state index contributed by atoms with van der Waals surface area (Å²) in [6.07, 6.45) is 1.74. The Morgan fingerprint density at radius 2 is 1.90 bits per heavy atom. The van der Waals surface area contributed by atoms with Gasteiger partial charge in [0.1, 0.15) is 6.61 Å². The molecule has 0 spiro atoms. The standard InChI is InChI=1S/C16H19ClN2O/c1-12(2)19-10-13-7-5-9-18-16(13)20-11-14-6-3-4-8-15(14)17/h3-9,12,19H,10-11H2,1-2H3. The molecule has 0 bridgehead atoms. The van der Waals surface area contributed by atoms with E-state index in [0.29, 0.717) is 23.6 Å². The van der Waals surface area contributed by atoms with Crippen LogP contribution in [-0.4, -0.2) is 11.0 Å². The zero-order chi connectivity index (χ0) is 14.4. The van der Waals surface area contributed by atoms with Gasteiger partial charge in [-0.15, -0.1) is 0 Å². The molecule has 0 aliphatic heterocycles. The van der Waals surface area contributed by atoms with Crippen LogP contribution < -0.4 is 10.1 Å². The minimum atomic E-state index is 0.422. The molecule has 0 fully saturated rings. The second kappa shape index (κ2) is 7.27. The quantitative estimate of drug-likeness (QED) is 0.878. The van der Waals surface area contributed by atoms with Crippen molar-refractivity contribution in [3.63, 3.8) is 0 Å². The lowest BCUT2D eigenvalue weighted by Gasteiger charge is -2.13. The zero-order valence-corrected chi connectivity index (χ0v) is 12.5. The number of aromatic nitrogens is 1. The number of benzene rings is 1. The van der Waals surface area contributed by atoms with Gasteiger partial charge < -0.3 is 10.1 Å². The Bertz CT molecular complexity index is 558. The van der Waals surface area contributed by atoms with Gasteiger partial charge in [-0.3, -0.25) is 0 Å². The van der Waals surface area contributed by atoms with E-state index in [1.807, 2.05) is 36.4 Å². The maximum absolute atomic E-state index is 6.12. The predicted octanol–water partition coefficient (Wildman–Crippen LogP) is 3.81. The van der Waals surface area contributed by atoms with Crippen LogP contribution >= 0.6 is 11.6 Å². The van der Waals surface area contributed by atoms with E-state index in [0.717, 1.165) is 17.7 Å². The average Bonchev–Trinajstić information content (AvgIpc) is 2.45. The third-order valence-electron chi connectivity index (χ3n) is 2.87. The highest BCUT2D eigenvalue weighted by molar-refractivity contribution is 6.31. The molecule has 0 unspecified atom stereocenters. The van der Waals surface area contributed by atoms with Crippen molar-refractivity contribution in [2.24, 2.45) is 0 Å². The molecule has 0 aliphatic carbocycles. The van der Waals surface area contributed by atoms with E-state index in [9.17, 15) is 0 Å². The largest absolute Gasteiger partial charge is 0.473 e. The first-order valence-electron chi connectivity index (χ1n) is 6.70. The Balaban J connectivity index is 2.04. The Hall–Kier alpha value is -1.58. The minimum absolute atomic E-state index is 0.422. The summed E-state index contributed by atoms with van der Waals surface area (Å²) < 4.78 is 5.80. The Labute approximate surface area is 124 Å². The molecule has 2 rings (SSSR count). The van der Waals surface area contributed by atoms with Gasteiger partial charge in [-0.05, 0) is 12.1 Å². The number of hydrogen-bond donors (Lipinski definition) is 1. The lowest BCUT2D eigenvalue weighted by Crippen LogP contribution is -2.22. The fourth-order valence-corrected chi connectivity index (χ4v) is 1.95. The summed E-state index contributed by atoms with van der Waals surface area (Å²) in [4.78, 5) is 4.30. The third kappa shape index (κ3) is 4.22. The maximum atomic E-state index is 6.12. The number of nitrogens with zero attached hydrogens (tertiary/aromatic N) is 1. The van der Waals surface area contributed by atoms with Crippen molar-refractivity contribution >= 4 is 11.6 Å². The Morgan fingerprint density at radius 3 is 2.65 bits per heavy atom. The molecule has 2 aromatic rings. The monoisotopic (exact) mass is 290 g/mol. The topological polar surface area (TPSA) is 34.2 Å². The molecule has 0 atom stereocenters. The van der Waals surface area contributed by atoms with E-state index in [1.54, 1.807) is 6.20 Å². The number of pyridine rings is 1. The van der Waals surface area contributed by atoms with Crippen LogP contribution in [0.2, 0.25) is 5.02 Å². The molecule has 0 amide bonds. The molecular weight excluding hydrogens is 272 g/mol. The minimum Gasteiger partial charge on any atom is -0.473 e. The van der Waals surface area contributed by atoms with Gasteiger partial charge in [0, 0.05) is 34.9 Å². The zero-order valence-electron chi connectivity index (χ0n) is 11.8. The SMILES string of the molecule is CC(C)NCc1cccnc1OCc1ccccc1Cl. The normalized spacial score (nSPS) is 10.8. The molecule has 4 heteroatoms. The van der Waals surface area contributed by atoms with Crippen LogP contribution in [0.3, 0.4) is 0 Å². The molecule has 0 saturated carbocycles. The molecule has 106 valence electrons. The predicted molar refractivity (Wildman–Crippen MR) is 82.0 cm³/mol. The number of hydrogen-bond acceptors (Lipinski definition) is 3. The summed E-state index contributed by atoms with van der Waals surface area (Å²) in [7, 11) is 0. The van der Waals surface area contributed by atoms with Gasteiger partial charge >= 0.3 is 0 Å². The number of ether oxygens (including phenoxy) is 1. The van der Waals surface area contributed by atoms with Crippen molar-refractivity contribution in [1.82, 2.24) is 10.3 Å². The highest BCUT2D eigenvalue weighted by Crippen LogP contribution is 2.19. The van der Waals surface area contributed by atoms with Crippen molar-refractivity contribution in [3.05, 3.63) is 58.7 Å². The maximum Gasteiger partial charge on any atom is 0.218 e. The fraction of sp³-hybridized carbons (Fsp3) is 0.312. The lowest BCUT2D eigenvalue weighted by atomic mass is 10.2. The van der Waals surface area contributed by atoms with E-state index >= 15 is 0 Å². The van der Waals surface area contributed by atoms with Gasteiger partial charge in [0.2, 0.25) is 5.88 Å². The Kier molecular flexibility index (Phi) is 5.39. The van der Waals surface area contributed by atoms with Crippen molar-refractivity contribution in [3.8, 4) is 5.88 Å². The molecule has 1 heterocycles. The van der Waals surface area contributed by atoms with Crippen molar-refractivity contribution in [1.29, 1.82) is 0 Å². The summed E-state index contributed by atoms with van der Waals surface area (Å²) >= 11 is 6.12. The Morgan fingerprint density at radius 1 is 1.15 bits per heavy atom. The second-order valence-electron chi connectivity index (χ2n) is 4.88.